The Morgan fingerprint density at radius 3 is 2.51 bits per heavy atom. The number of anilines is 2. The maximum absolute atomic E-state index is 12.5. The van der Waals surface area contributed by atoms with E-state index < -0.39 is 0 Å². The topological polar surface area (TPSA) is 122 Å². The van der Waals surface area contributed by atoms with Crippen LogP contribution >= 0.6 is 0 Å². The Bertz CT molecular complexity index is 1380. The number of H-pyrrole nitrogens is 1. The molecule has 0 unspecified atom stereocenters. The van der Waals surface area contributed by atoms with Crippen molar-refractivity contribution in [2.24, 2.45) is 0 Å². The van der Waals surface area contributed by atoms with Gasteiger partial charge in [0.1, 0.15) is 17.2 Å². The summed E-state index contributed by atoms with van der Waals surface area (Å²) in [5, 5.41) is 14.6. The molecule has 0 spiro atoms. The second-order valence-electron chi connectivity index (χ2n) is 10.6. The molecule has 5 rings (SSSR count). The lowest BCUT2D eigenvalue weighted by Gasteiger charge is -2.20. The SMILES string of the molecule is C=CCCCCCCc1cnc(N)c2c(-c3ccc(C(=O)Nc4ccccn4)cc3)[nH]nc12.CNC1CCCCC1. The van der Waals surface area contributed by atoms with Crippen molar-refractivity contribution in [2.45, 2.75) is 76.7 Å². The first-order chi connectivity index (χ1) is 20.1. The van der Waals surface area contributed by atoms with Gasteiger partial charge in [0.15, 0.2) is 0 Å². The van der Waals surface area contributed by atoms with Crippen LogP contribution in [-0.4, -0.2) is 39.2 Å². The molecule has 0 bridgehead atoms. The van der Waals surface area contributed by atoms with Crippen molar-refractivity contribution in [2.75, 3.05) is 18.1 Å². The Hall–Kier alpha value is -4.04. The zero-order valence-corrected chi connectivity index (χ0v) is 24.2. The fraction of sp³-hybridized carbons (Fsp3) is 0.394. The Kier molecular flexibility index (Phi) is 11.4. The number of fused-ring (bicyclic) bond motifs is 1. The normalized spacial score (nSPS) is 13.4. The number of unbranched alkanes of at least 4 members (excludes halogenated alkanes) is 4. The van der Waals surface area contributed by atoms with Gasteiger partial charge in [0.25, 0.3) is 5.91 Å². The summed E-state index contributed by atoms with van der Waals surface area (Å²) in [5.74, 6) is 0.741. The fourth-order valence-corrected chi connectivity index (χ4v) is 5.25. The first kappa shape index (κ1) is 29.9. The van der Waals surface area contributed by atoms with Crippen LogP contribution in [0.5, 0.6) is 0 Å². The van der Waals surface area contributed by atoms with Crippen molar-refractivity contribution in [3.8, 4) is 11.3 Å². The van der Waals surface area contributed by atoms with Crippen LogP contribution in [-0.2, 0) is 6.42 Å². The standard InChI is InChI=1S/C26H28N6O.C7H15N/c1-2-3-4-5-6-7-10-20-17-29-25(27)22-23(31-32-24(20)22)18-12-14-19(15-13-18)26(33)30-21-11-8-9-16-28-21;1-8-7-5-3-2-4-6-7/h2,8-9,11-17H,1,3-7,10H2,(H2,27,29)(H,31,32)(H,28,30,33);7-8H,2-6H2,1H3. The third-order valence-corrected chi connectivity index (χ3v) is 7.65. The van der Waals surface area contributed by atoms with Gasteiger partial charge >= 0.3 is 0 Å². The minimum absolute atomic E-state index is 0.216. The van der Waals surface area contributed by atoms with Gasteiger partial charge in [-0.05, 0) is 75.4 Å². The van der Waals surface area contributed by atoms with Gasteiger partial charge < -0.3 is 16.4 Å². The number of nitrogens with one attached hydrogen (secondary N) is 3. The summed E-state index contributed by atoms with van der Waals surface area (Å²) in [4.78, 5) is 21.0. The zero-order chi connectivity index (χ0) is 28.9. The van der Waals surface area contributed by atoms with Crippen molar-refractivity contribution in [3.05, 3.63) is 78.6 Å². The van der Waals surface area contributed by atoms with E-state index in [0.29, 0.717) is 17.2 Å². The summed E-state index contributed by atoms with van der Waals surface area (Å²) in [6.45, 7) is 3.77. The molecule has 0 radical (unpaired) electrons. The molecule has 41 heavy (non-hydrogen) atoms. The molecule has 8 heteroatoms. The summed E-state index contributed by atoms with van der Waals surface area (Å²) >= 11 is 0. The number of rotatable bonds is 11. The first-order valence-corrected chi connectivity index (χ1v) is 14.8. The van der Waals surface area contributed by atoms with Crippen molar-refractivity contribution < 1.29 is 4.79 Å². The van der Waals surface area contributed by atoms with E-state index >= 15 is 0 Å². The number of carbonyl (C=O) groups is 1. The van der Waals surface area contributed by atoms with Crippen LogP contribution < -0.4 is 16.4 Å². The van der Waals surface area contributed by atoms with Gasteiger partial charge in [0.05, 0.1) is 11.1 Å². The Morgan fingerprint density at radius 1 is 1.05 bits per heavy atom. The summed E-state index contributed by atoms with van der Waals surface area (Å²) in [6, 6.07) is 13.5. The molecular formula is C33H43N7O. The van der Waals surface area contributed by atoms with E-state index in [0.717, 1.165) is 53.0 Å². The summed E-state index contributed by atoms with van der Waals surface area (Å²) in [6.07, 6.45) is 19.2. The largest absolute Gasteiger partial charge is 0.383 e. The monoisotopic (exact) mass is 553 g/mol. The molecule has 0 aliphatic heterocycles. The third kappa shape index (κ3) is 8.47. The zero-order valence-electron chi connectivity index (χ0n) is 24.2. The van der Waals surface area contributed by atoms with Gasteiger partial charge in [-0.1, -0.05) is 56.4 Å². The van der Waals surface area contributed by atoms with Crippen LogP contribution in [0.25, 0.3) is 22.2 Å². The van der Waals surface area contributed by atoms with Crippen molar-refractivity contribution >= 4 is 28.4 Å². The number of amides is 1. The number of hydrogen-bond acceptors (Lipinski definition) is 6. The Morgan fingerprint density at radius 2 is 1.83 bits per heavy atom. The first-order valence-electron chi connectivity index (χ1n) is 14.8. The number of pyridine rings is 2. The molecule has 1 aliphatic rings. The Balaban J connectivity index is 0.000000417. The van der Waals surface area contributed by atoms with Crippen LogP contribution in [0, 0.1) is 0 Å². The average molecular weight is 554 g/mol. The van der Waals surface area contributed by atoms with Gasteiger partial charge in [-0.25, -0.2) is 9.97 Å². The van der Waals surface area contributed by atoms with Gasteiger partial charge in [-0.2, -0.15) is 5.10 Å². The molecule has 1 aliphatic carbocycles. The average Bonchev–Trinajstić information content (AvgIpc) is 3.48. The van der Waals surface area contributed by atoms with Crippen LogP contribution in [0.4, 0.5) is 11.6 Å². The number of nitrogens with zero attached hydrogens (tertiary/aromatic N) is 3. The Labute approximate surface area is 243 Å². The smallest absolute Gasteiger partial charge is 0.256 e. The highest BCUT2D eigenvalue weighted by Gasteiger charge is 2.16. The number of aromatic amines is 1. The molecule has 8 nitrogen and oxygen atoms in total. The van der Waals surface area contributed by atoms with Crippen LogP contribution in [0.1, 0.15) is 80.1 Å². The highest BCUT2D eigenvalue weighted by molar-refractivity contribution is 6.05. The maximum atomic E-state index is 12.5. The second-order valence-corrected chi connectivity index (χ2v) is 10.6. The molecule has 3 aromatic heterocycles. The summed E-state index contributed by atoms with van der Waals surface area (Å²) < 4.78 is 0. The van der Waals surface area contributed by atoms with E-state index in [9.17, 15) is 4.79 Å². The molecule has 0 saturated heterocycles. The fourth-order valence-electron chi connectivity index (χ4n) is 5.25. The number of aromatic nitrogens is 4. The van der Waals surface area contributed by atoms with Crippen molar-refractivity contribution in [1.29, 1.82) is 0 Å². The number of carbonyl (C=O) groups excluding carboxylic acids is 1. The van der Waals surface area contributed by atoms with E-state index in [1.54, 1.807) is 30.5 Å². The van der Waals surface area contributed by atoms with Crippen LogP contribution in [0.15, 0.2) is 67.5 Å². The van der Waals surface area contributed by atoms with Crippen molar-refractivity contribution in [1.82, 2.24) is 25.5 Å². The minimum Gasteiger partial charge on any atom is -0.383 e. The molecule has 3 heterocycles. The minimum atomic E-state index is -0.216. The van der Waals surface area contributed by atoms with Crippen LogP contribution in [0.3, 0.4) is 0 Å². The molecule has 1 aromatic carbocycles. The quantitative estimate of drug-likeness (QED) is 0.116. The molecule has 1 saturated carbocycles. The molecular weight excluding hydrogens is 510 g/mol. The predicted molar refractivity (Wildman–Crippen MR) is 169 cm³/mol. The summed E-state index contributed by atoms with van der Waals surface area (Å²) in [5.41, 5.74) is 10.4. The van der Waals surface area contributed by atoms with E-state index in [2.05, 4.69) is 44.4 Å². The lowest BCUT2D eigenvalue weighted by molar-refractivity contribution is 0.102. The summed E-state index contributed by atoms with van der Waals surface area (Å²) in [7, 11) is 2.07. The lowest BCUT2D eigenvalue weighted by atomic mass is 9.96. The van der Waals surface area contributed by atoms with Gasteiger partial charge in [-0.15, -0.1) is 6.58 Å². The molecule has 1 amide bonds. The molecule has 0 atom stereocenters. The number of benzene rings is 1. The van der Waals surface area contributed by atoms with E-state index in [1.807, 2.05) is 30.5 Å². The number of aryl methyl sites for hydroxylation is 1. The molecule has 5 N–H and O–H groups in total. The molecule has 1 fully saturated rings. The van der Waals surface area contributed by atoms with Gasteiger partial charge in [-0.3, -0.25) is 9.89 Å². The van der Waals surface area contributed by atoms with E-state index in [4.69, 9.17) is 5.73 Å². The predicted octanol–water partition coefficient (Wildman–Crippen LogP) is 7.07. The maximum Gasteiger partial charge on any atom is 0.256 e. The lowest BCUT2D eigenvalue weighted by Crippen LogP contribution is -2.26. The number of hydrogen-bond donors (Lipinski definition) is 4. The van der Waals surface area contributed by atoms with E-state index in [-0.39, 0.29) is 5.91 Å². The highest BCUT2D eigenvalue weighted by Crippen LogP contribution is 2.32. The second kappa shape index (κ2) is 15.7. The number of nitrogens with two attached hydrogens (primary N) is 1. The third-order valence-electron chi connectivity index (χ3n) is 7.65. The van der Waals surface area contributed by atoms with Crippen LogP contribution in [0.2, 0.25) is 0 Å². The van der Waals surface area contributed by atoms with Gasteiger partial charge in [0, 0.05) is 29.6 Å². The van der Waals surface area contributed by atoms with Crippen molar-refractivity contribution in [3.63, 3.8) is 0 Å². The van der Waals surface area contributed by atoms with Gasteiger partial charge in [0.2, 0.25) is 0 Å². The van der Waals surface area contributed by atoms with E-state index in [1.165, 1.54) is 51.4 Å². The molecule has 216 valence electrons. The highest BCUT2D eigenvalue weighted by atomic mass is 16.1. The number of nitrogen functional groups attached to an aromatic ring is 1. The molecule has 4 aromatic rings. The number of allylic oxidation sites excluding steroid dienone is 1.